The van der Waals surface area contributed by atoms with E-state index in [-0.39, 0.29) is 0 Å². The van der Waals surface area contributed by atoms with E-state index in [0.717, 1.165) is 32.7 Å². The predicted molar refractivity (Wildman–Crippen MR) is 98.2 cm³/mol. The number of carbonyl (C=O) groups excluding carboxylic acids is 1. The summed E-state index contributed by atoms with van der Waals surface area (Å²) in [5, 5.41) is 7.61. The van der Waals surface area contributed by atoms with Crippen LogP contribution in [-0.2, 0) is 7.05 Å². The minimum atomic E-state index is -0.673. The summed E-state index contributed by atoms with van der Waals surface area (Å²) in [6.07, 6.45) is 1.77. The molecule has 24 heavy (non-hydrogen) atoms. The molecule has 1 aromatic heterocycles. The van der Waals surface area contributed by atoms with Crippen LogP contribution in [0, 0.1) is 6.92 Å². The number of anilines is 2. The van der Waals surface area contributed by atoms with E-state index in [0.29, 0.717) is 5.56 Å². The van der Waals surface area contributed by atoms with Crippen molar-refractivity contribution in [3.05, 3.63) is 64.3 Å². The van der Waals surface area contributed by atoms with Crippen molar-refractivity contribution in [2.75, 3.05) is 5.32 Å². The minimum Gasteiger partial charge on any atom is -0.355 e. The summed E-state index contributed by atoms with van der Waals surface area (Å²) in [5.41, 5.74) is 12.4. The summed E-state index contributed by atoms with van der Waals surface area (Å²) in [6, 6.07) is 13.2. The van der Waals surface area contributed by atoms with E-state index in [1.165, 1.54) is 0 Å². The minimum absolute atomic E-state index is 0.394. The molecule has 5 nitrogen and oxygen atoms in total. The predicted octanol–water partition coefficient (Wildman–Crippen LogP) is 4.32. The highest BCUT2D eigenvalue weighted by atomic mass is 79.9. The number of hydrogen-bond acceptors (Lipinski definition) is 3. The first-order chi connectivity index (χ1) is 11.5. The second-order valence-electron chi connectivity index (χ2n) is 5.53. The SMILES string of the molecule is Cc1cc(C([NH])=O)ccc1Nc1cccc(-c2c(Br)cnn2C)c1. The van der Waals surface area contributed by atoms with Gasteiger partial charge >= 0.3 is 0 Å². The van der Waals surface area contributed by atoms with Gasteiger partial charge < -0.3 is 5.32 Å². The molecule has 0 aliphatic heterocycles. The van der Waals surface area contributed by atoms with E-state index < -0.39 is 5.91 Å². The van der Waals surface area contributed by atoms with E-state index in [1.54, 1.807) is 18.3 Å². The highest BCUT2D eigenvalue weighted by Crippen LogP contribution is 2.30. The fraction of sp³-hybridized carbons (Fsp3) is 0.111. The zero-order chi connectivity index (χ0) is 17.3. The Morgan fingerprint density at radius 3 is 2.67 bits per heavy atom. The van der Waals surface area contributed by atoms with Gasteiger partial charge in [-0.2, -0.15) is 5.10 Å². The lowest BCUT2D eigenvalue weighted by Crippen LogP contribution is -2.01. The van der Waals surface area contributed by atoms with Crippen molar-refractivity contribution in [2.45, 2.75) is 6.92 Å². The molecule has 0 bridgehead atoms. The third-order valence-corrected chi connectivity index (χ3v) is 4.38. The van der Waals surface area contributed by atoms with Crippen LogP contribution in [-0.4, -0.2) is 15.7 Å². The maximum Gasteiger partial charge on any atom is 0.269 e. The molecule has 2 N–H and O–H groups in total. The zero-order valence-corrected chi connectivity index (χ0v) is 14.9. The first-order valence-electron chi connectivity index (χ1n) is 7.37. The topological polar surface area (TPSA) is 70.7 Å². The number of nitrogens with one attached hydrogen (secondary N) is 2. The number of benzene rings is 2. The summed E-state index contributed by atoms with van der Waals surface area (Å²) >= 11 is 3.52. The highest BCUT2D eigenvalue weighted by molar-refractivity contribution is 9.10. The van der Waals surface area contributed by atoms with Crippen LogP contribution >= 0.6 is 15.9 Å². The Morgan fingerprint density at radius 2 is 2.04 bits per heavy atom. The van der Waals surface area contributed by atoms with Gasteiger partial charge in [-0.25, -0.2) is 0 Å². The van der Waals surface area contributed by atoms with Gasteiger partial charge in [-0.1, -0.05) is 12.1 Å². The second-order valence-corrected chi connectivity index (χ2v) is 6.38. The Hall–Kier alpha value is -2.60. The van der Waals surface area contributed by atoms with Crippen LogP contribution < -0.4 is 11.1 Å². The van der Waals surface area contributed by atoms with Crippen molar-refractivity contribution in [3.8, 4) is 11.3 Å². The van der Waals surface area contributed by atoms with Crippen molar-refractivity contribution in [1.82, 2.24) is 15.5 Å². The molecule has 0 saturated carbocycles. The summed E-state index contributed by atoms with van der Waals surface area (Å²) in [6.45, 7) is 1.91. The fourth-order valence-electron chi connectivity index (χ4n) is 2.58. The van der Waals surface area contributed by atoms with Gasteiger partial charge in [0.25, 0.3) is 5.91 Å². The molecule has 0 unspecified atom stereocenters. The molecule has 0 aliphatic carbocycles. The Labute approximate surface area is 148 Å². The van der Waals surface area contributed by atoms with Crippen LogP contribution in [0.3, 0.4) is 0 Å². The van der Waals surface area contributed by atoms with E-state index in [9.17, 15) is 4.79 Å². The summed E-state index contributed by atoms with van der Waals surface area (Å²) < 4.78 is 2.76. The van der Waals surface area contributed by atoms with Gasteiger partial charge in [0.1, 0.15) is 0 Å². The standard InChI is InChI=1S/C18H16BrN4O/c1-11-8-13(18(20)24)6-7-16(11)22-14-5-3-4-12(9-14)17-15(19)10-21-23(17)2/h3-10,20,22H,1-2H3. The Bertz CT molecular complexity index is 898. The molecule has 0 atom stereocenters. The molecule has 2 aromatic carbocycles. The summed E-state index contributed by atoms with van der Waals surface area (Å²) in [7, 11) is 1.90. The molecule has 1 amide bonds. The largest absolute Gasteiger partial charge is 0.355 e. The van der Waals surface area contributed by atoms with E-state index >= 15 is 0 Å². The van der Waals surface area contributed by atoms with Crippen LogP contribution in [0.5, 0.6) is 0 Å². The molecular formula is C18H16BrN4O. The Morgan fingerprint density at radius 1 is 1.25 bits per heavy atom. The molecule has 0 saturated heterocycles. The first-order valence-corrected chi connectivity index (χ1v) is 8.16. The molecule has 3 aromatic rings. The Kier molecular flexibility index (Phi) is 4.40. The molecule has 0 fully saturated rings. The van der Waals surface area contributed by atoms with Crippen LogP contribution in [0.25, 0.3) is 11.3 Å². The third-order valence-electron chi connectivity index (χ3n) is 3.80. The normalized spacial score (nSPS) is 10.6. The second kappa shape index (κ2) is 6.49. The molecule has 0 spiro atoms. The lowest BCUT2D eigenvalue weighted by atomic mass is 10.1. The van der Waals surface area contributed by atoms with E-state index in [2.05, 4.69) is 26.3 Å². The number of nitrogens with zero attached hydrogens (tertiary/aromatic N) is 2. The number of halogens is 1. The number of rotatable bonds is 4. The molecule has 3 rings (SSSR count). The Balaban J connectivity index is 1.92. The summed E-state index contributed by atoms with van der Waals surface area (Å²) in [5.74, 6) is -0.673. The smallest absolute Gasteiger partial charge is 0.269 e. The lowest BCUT2D eigenvalue weighted by molar-refractivity contribution is 0.0992. The van der Waals surface area contributed by atoms with Crippen molar-refractivity contribution in [3.63, 3.8) is 0 Å². The van der Waals surface area contributed by atoms with Gasteiger partial charge in [0.05, 0.1) is 16.4 Å². The number of carbonyl (C=O) groups is 1. The third kappa shape index (κ3) is 3.19. The van der Waals surface area contributed by atoms with Crippen molar-refractivity contribution >= 4 is 33.2 Å². The summed E-state index contributed by atoms with van der Waals surface area (Å²) in [4.78, 5) is 11.1. The maximum atomic E-state index is 11.1. The van der Waals surface area contributed by atoms with Crippen LogP contribution in [0.4, 0.5) is 11.4 Å². The first kappa shape index (κ1) is 16.3. The van der Waals surface area contributed by atoms with E-state index in [4.69, 9.17) is 5.73 Å². The zero-order valence-electron chi connectivity index (χ0n) is 13.3. The molecule has 1 radical (unpaired) electrons. The van der Waals surface area contributed by atoms with Gasteiger partial charge in [-0.15, -0.1) is 0 Å². The number of amides is 1. The van der Waals surface area contributed by atoms with Gasteiger partial charge in [0, 0.05) is 29.5 Å². The molecule has 1 heterocycles. The van der Waals surface area contributed by atoms with Gasteiger partial charge in [0.2, 0.25) is 0 Å². The number of hydrogen-bond donors (Lipinski definition) is 1. The molecule has 121 valence electrons. The van der Waals surface area contributed by atoms with Crippen molar-refractivity contribution in [1.29, 1.82) is 0 Å². The van der Waals surface area contributed by atoms with Crippen molar-refractivity contribution in [2.24, 2.45) is 7.05 Å². The van der Waals surface area contributed by atoms with Crippen molar-refractivity contribution < 1.29 is 4.79 Å². The highest BCUT2D eigenvalue weighted by Gasteiger charge is 2.10. The van der Waals surface area contributed by atoms with Gasteiger partial charge in [-0.3, -0.25) is 15.2 Å². The monoisotopic (exact) mass is 383 g/mol. The van der Waals surface area contributed by atoms with Crippen LogP contribution in [0.2, 0.25) is 0 Å². The average molecular weight is 384 g/mol. The maximum absolute atomic E-state index is 11.1. The molecule has 6 heteroatoms. The van der Waals surface area contributed by atoms with Gasteiger partial charge in [0.15, 0.2) is 0 Å². The molecular weight excluding hydrogens is 368 g/mol. The lowest BCUT2D eigenvalue weighted by Gasteiger charge is -2.12. The van der Waals surface area contributed by atoms with E-state index in [1.807, 2.05) is 49.0 Å². The van der Waals surface area contributed by atoms with Gasteiger partial charge in [-0.05, 0) is 58.7 Å². The number of aryl methyl sites for hydroxylation is 2. The molecule has 0 aliphatic rings. The van der Waals surface area contributed by atoms with Crippen LogP contribution in [0.15, 0.2) is 53.1 Å². The fourth-order valence-corrected chi connectivity index (χ4v) is 3.16. The quantitative estimate of drug-likeness (QED) is 0.728. The average Bonchev–Trinajstić information content (AvgIpc) is 2.88. The number of aromatic nitrogens is 2. The van der Waals surface area contributed by atoms with Crippen LogP contribution in [0.1, 0.15) is 15.9 Å².